The van der Waals surface area contributed by atoms with Crippen LogP contribution in [0.15, 0.2) is 18.5 Å². The van der Waals surface area contributed by atoms with Crippen molar-refractivity contribution >= 4 is 12.1 Å². The largest absolute Gasteiger partial charge is 0.278 e. The second kappa shape index (κ2) is 1.95. The fraction of sp³-hybridized carbons (Fsp3) is 0.143. The Morgan fingerprint density at radius 2 is 2.45 bits per heavy atom. The van der Waals surface area contributed by atoms with Gasteiger partial charge < -0.3 is 0 Å². The maximum Gasteiger partial charge on any atom is 0.219 e. The van der Waals surface area contributed by atoms with Crippen molar-refractivity contribution in [3.63, 3.8) is 0 Å². The number of imidazole rings is 1. The zero-order valence-electron chi connectivity index (χ0n) is 6.06. The van der Waals surface area contributed by atoms with Gasteiger partial charge in [-0.2, -0.15) is 5.10 Å². The van der Waals surface area contributed by atoms with Crippen LogP contribution in [0.4, 0.5) is 0 Å². The molecule has 2 rings (SSSR count). The van der Waals surface area contributed by atoms with E-state index in [0.717, 1.165) is 17.8 Å². The van der Waals surface area contributed by atoms with E-state index in [1.807, 2.05) is 6.92 Å². The zero-order chi connectivity index (χ0) is 7.84. The van der Waals surface area contributed by atoms with Crippen molar-refractivity contribution in [1.82, 2.24) is 14.2 Å². The second-order valence-electron chi connectivity index (χ2n) is 2.38. The van der Waals surface area contributed by atoms with Crippen LogP contribution in [0.5, 0.6) is 0 Å². The van der Waals surface area contributed by atoms with Gasteiger partial charge in [-0.15, -0.1) is 0 Å². The summed E-state index contributed by atoms with van der Waals surface area (Å²) in [7, 11) is 0. The summed E-state index contributed by atoms with van der Waals surface area (Å²) < 4.78 is 3.22. The minimum atomic E-state index is 0.768. The van der Waals surface area contributed by atoms with Crippen LogP contribution in [0, 0.1) is 6.92 Å². The molecule has 0 N–H and O–H groups in total. The van der Waals surface area contributed by atoms with Crippen LogP contribution < -0.4 is 0 Å². The lowest BCUT2D eigenvalue weighted by Gasteiger charge is -1.84. The third kappa shape index (κ3) is 0.690. The van der Waals surface area contributed by atoms with E-state index < -0.39 is 0 Å². The molecule has 0 fully saturated rings. The van der Waals surface area contributed by atoms with Crippen LogP contribution in [0.3, 0.4) is 0 Å². The predicted molar refractivity (Wildman–Crippen MR) is 40.1 cm³/mol. The molecule has 2 aromatic heterocycles. The molecule has 0 bridgehead atoms. The Morgan fingerprint density at radius 1 is 1.64 bits per heavy atom. The number of nitrogens with zero attached hydrogens (tertiary/aromatic N) is 3. The number of aryl methyl sites for hydroxylation is 1. The lowest BCUT2D eigenvalue weighted by molar-refractivity contribution is 0.549. The Bertz CT molecular complexity index is 399. The Balaban J connectivity index is 2.90. The van der Waals surface area contributed by atoms with Crippen molar-refractivity contribution in [3.8, 4) is 0 Å². The van der Waals surface area contributed by atoms with Gasteiger partial charge in [-0.3, -0.25) is 9.36 Å². The van der Waals surface area contributed by atoms with Crippen molar-refractivity contribution < 1.29 is 4.79 Å². The maximum absolute atomic E-state index is 10.5. The molecular weight excluding hydrogens is 142 g/mol. The van der Waals surface area contributed by atoms with Crippen molar-refractivity contribution in [2.24, 2.45) is 0 Å². The van der Waals surface area contributed by atoms with E-state index in [1.165, 1.54) is 4.57 Å². The van der Waals surface area contributed by atoms with Crippen molar-refractivity contribution in [3.05, 3.63) is 24.2 Å². The number of aromatic nitrogens is 3. The molecule has 0 amide bonds. The van der Waals surface area contributed by atoms with Crippen LogP contribution >= 0.6 is 0 Å². The first kappa shape index (κ1) is 6.15. The van der Waals surface area contributed by atoms with Crippen LogP contribution in [0.2, 0.25) is 0 Å². The summed E-state index contributed by atoms with van der Waals surface area (Å²) in [5, 5.41) is 4.02. The van der Waals surface area contributed by atoms with Gasteiger partial charge in [-0.25, -0.2) is 4.52 Å². The van der Waals surface area contributed by atoms with Gasteiger partial charge in [0.05, 0.1) is 11.9 Å². The predicted octanol–water partition coefficient (Wildman–Crippen LogP) is 0.483. The summed E-state index contributed by atoms with van der Waals surface area (Å²) in [6.07, 6.45) is 4.18. The van der Waals surface area contributed by atoms with Gasteiger partial charge in [-0.05, 0) is 6.92 Å². The van der Waals surface area contributed by atoms with Gasteiger partial charge in [0.2, 0.25) is 6.41 Å². The molecule has 0 unspecified atom stereocenters. The second-order valence-corrected chi connectivity index (χ2v) is 2.38. The summed E-state index contributed by atoms with van der Waals surface area (Å²) >= 11 is 0. The number of carbonyl (C=O) groups is 1. The van der Waals surface area contributed by atoms with Crippen molar-refractivity contribution in [2.75, 3.05) is 0 Å². The number of hydrogen-bond donors (Lipinski definition) is 0. The zero-order valence-corrected chi connectivity index (χ0v) is 6.06. The fourth-order valence-electron chi connectivity index (χ4n) is 1.17. The third-order valence-corrected chi connectivity index (χ3v) is 1.66. The highest BCUT2D eigenvalue weighted by molar-refractivity contribution is 5.63. The van der Waals surface area contributed by atoms with E-state index in [0.29, 0.717) is 0 Å². The van der Waals surface area contributed by atoms with E-state index in [-0.39, 0.29) is 0 Å². The van der Waals surface area contributed by atoms with Crippen molar-refractivity contribution in [2.45, 2.75) is 6.92 Å². The van der Waals surface area contributed by atoms with Gasteiger partial charge in [-0.1, -0.05) is 0 Å². The summed E-state index contributed by atoms with van der Waals surface area (Å²) in [5.74, 6) is 0. The molecule has 0 saturated carbocycles. The van der Waals surface area contributed by atoms with Gasteiger partial charge in [0.1, 0.15) is 5.65 Å². The molecule has 0 aliphatic carbocycles. The molecule has 0 saturated heterocycles. The fourth-order valence-corrected chi connectivity index (χ4v) is 1.17. The van der Waals surface area contributed by atoms with E-state index >= 15 is 0 Å². The molecule has 0 aliphatic rings. The minimum absolute atomic E-state index is 0.768. The Hall–Kier alpha value is -1.58. The molecule has 56 valence electrons. The first-order chi connectivity index (χ1) is 5.33. The highest BCUT2D eigenvalue weighted by Gasteiger charge is 2.02. The summed E-state index contributed by atoms with van der Waals surface area (Å²) in [5.41, 5.74) is 1.76. The van der Waals surface area contributed by atoms with Crippen LogP contribution in [-0.2, 0) is 4.79 Å². The normalized spacial score (nSPS) is 10.6. The summed E-state index contributed by atoms with van der Waals surface area (Å²) in [6, 6.07) is 1.79. The third-order valence-electron chi connectivity index (χ3n) is 1.66. The van der Waals surface area contributed by atoms with Gasteiger partial charge >= 0.3 is 0 Å². The number of hydrogen-bond acceptors (Lipinski definition) is 2. The standard InChI is InChI=1S/C7H7N3O/c1-6-4-9(5-11)7-2-3-8-10(6)7/h2-5H,1H3. The van der Waals surface area contributed by atoms with Crippen LogP contribution in [0.25, 0.3) is 5.65 Å². The molecule has 0 spiro atoms. The lowest BCUT2D eigenvalue weighted by Crippen LogP contribution is -1.90. The molecule has 2 aromatic rings. The average Bonchev–Trinajstić information content (AvgIpc) is 2.54. The number of fused-ring (bicyclic) bond motifs is 1. The van der Waals surface area contributed by atoms with Crippen molar-refractivity contribution in [1.29, 1.82) is 0 Å². The topological polar surface area (TPSA) is 39.3 Å². The van der Waals surface area contributed by atoms with E-state index in [9.17, 15) is 4.79 Å². The Kier molecular flexibility index (Phi) is 1.09. The van der Waals surface area contributed by atoms with E-state index in [1.54, 1.807) is 23.0 Å². The quantitative estimate of drug-likeness (QED) is 0.553. The SMILES string of the molecule is Cc1cn(C=O)c2ccnn12. The molecule has 0 aromatic carbocycles. The van der Waals surface area contributed by atoms with Crippen LogP contribution in [0.1, 0.15) is 5.69 Å². The molecule has 4 heteroatoms. The Morgan fingerprint density at radius 3 is 3.18 bits per heavy atom. The van der Waals surface area contributed by atoms with Gasteiger partial charge in [0, 0.05) is 12.3 Å². The maximum atomic E-state index is 10.5. The van der Waals surface area contributed by atoms with Crippen LogP contribution in [-0.4, -0.2) is 20.6 Å². The Labute approximate surface area is 63.0 Å². The smallest absolute Gasteiger partial charge is 0.219 e. The molecular formula is C7H7N3O. The molecule has 0 aliphatic heterocycles. The summed E-state index contributed by atoms with van der Waals surface area (Å²) in [6.45, 7) is 1.90. The highest BCUT2D eigenvalue weighted by atomic mass is 16.1. The molecule has 2 heterocycles. The monoisotopic (exact) mass is 149 g/mol. The number of rotatable bonds is 1. The van der Waals surface area contributed by atoms with Gasteiger partial charge in [0.15, 0.2) is 0 Å². The number of carbonyl (C=O) groups excluding carboxylic acids is 1. The minimum Gasteiger partial charge on any atom is -0.278 e. The molecule has 0 radical (unpaired) electrons. The summed E-state index contributed by atoms with van der Waals surface area (Å²) in [4.78, 5) is 10.5. The first-order valence-corrected chi connectivity index (χ1v) is 3.29. The highest BCUT2D eigenvalue weighted by Crippen LogP contribution is 2.05. The molecule has 0 atom stereocenters. The average molecular weight is 149 g/mol. The van der Waals surface area contributed by atoms with E-state index in [2.05, 4.69) is 5.10 Å². The lowest BCUT2D eigenvalue weighted by atomic mass is 10.6. The van der Waals surface area contributed by atoms with Gasteiger partial charge in [0.25, 0.3) is 0 Å². The first-order valence-electron chi connectivity index (χ1n) is 3.29. The van der Waals surface area contributed by atoms with E-state index in [4.69, 9.17) is 0 Å². The molecule has 11 heavy (non-hydrogen) atoms. The molecule has 4 nitrogen and oxygen atoms in total.